The minimum absolute atomic E-state index is 0.0932. The summed E-state index contributed by atoms with van der Waals surface area (Å²) in [5, 5.41) is 3.56. The number of halogens is 2. The number of nitrogens with one attached hydrogen (secondary N) is 1. The maximum atomic E-state index is 12.3. The van der Waals surface area contributed by atoms with Crippen LogP contribution in [0.5, 0.6) is 17.2 Å². The molecule has 2 rings (SSSR count). The first-order valence-electron chi connectivity index (χ1n) is 8.07. The zero-order valence-corrected chi connectivity index (χ0v) is 17.2. The van der Waals surface area contributed by atoms with Gasteiger partial charge in [-0.2, -0.15) is 0 Å². The molecule has 1 N–H and O–H groups in total. The Kier molecular flexibility index (Phi) is 7.60. The van der Waals surface area contributed by atoms with E-state index < -0.39 is 0 Å². The summed E-state index contributed by atoms with van der Waals surface area (Å²) < 4.78 is 16.8. The van der Waals surface area contributed by atoms with Crippen molar-refractivity contribution in [2.45, 2.75) is 19.4 Å². The zero-order valence-electron chi connectivity index (χ0n) is 14.8. The van der Waals surface area contributed by atoms with E-state index in [0.29, 0.717) is 26.7 Å². The third-order valence-electron chi connectivity index (χ3n) is 3.81. The number of benzene rings is 2. The second-order valence-electron chi connectivity index (χ2n) is 5.51. The molecule has 0 aromatic heterocycles. The average Bonchev–Trinajstić information content (AvgIpc) is 2.64. The maximum Gasteiger partial charge on any atom is 0.258 e. The molecule has 0 bridgehead atoms. The van der Waals surface area contributed by atoms with Gasteiger partial charge in [-0.05, 0) is 58.2 Å². The first-order valence-corrected chi connectivity index (χ1v) is 9.24. The molecule has 0 fully saturated rings. The molecule has 7 heteroatoms. The summed E-state index contributed by atoms with van der Waals surface area (Å²) in [4.78, 5) is 12.3. The van der Waals surface area contributed by atoms with E-state index in [0.717, 1.165) is 12.0 Å². The van der Waals surface area contributed by atoms with Crippen LogP contribution >= 0.6 is 27.5 Å². The van der Waals surface area contributed by atoms with Crippen molar-refractivity contribution in [1.29, 1.82) is 0 Å². The van der Waals surface area contributed by atoms with Gasteiger partial charge in [0.2, 0.25) is 0 Å². The van der Waals surface area contributed by atoms with E-state index in [1.807, 2.05) is 25.1 Å². The molecule has 0 aliphatic heterocycles. The van der Waals surface area contributed by atoms with Crippen molar-refractivity contribution >= 4 is 33.4 Å². The molecule has 0 radical (unpaired) electrons. The molecule has 5 nitrogen and oxygen atoms in total. The van der Waals surface area contributed by atoms with Crippen LogP contribution in [0.4, 0.5) is 0 Å². The summed E-state index contributed by atoms with van der Waals surface area (Å²) in [6, 6.07) is 10.6. The molecule has 2 aromatic carbocycles. The van der Waals surface area contributed by atoms with Gasteiger partial charge in [0.05, 0.1) is 24.7 Å². The quantitative estimate of drug-likeness (QED) is 0.640. The van der Waals surface area contributed by atoms with Crippen LogP contribution in [0.15, 0.2) is 40.9 Å². The molecule has 26 heavy (non-hydrogen) atoms. The zero-order chi connectivity index (χ0) is 19.1. The van der Waals surface area contributed by atoms with Crippen LogP contribution < -0.4 is 19.5 Å². The number of hydrogen-bond donors (Lipinski definition) is 1. The summed E-state index contributed by atoms with van der Waals surface area (Å²) in [5.74, 6) is 1.62. The summed E-state index contributed by atoms with van der Waals surface area (Å²) in [6.07, 6.45) is 0.728. The highest BCUT2D eigenvalue weighted by molar-refractivity contribution is 9.10. The third kappa shape index (κ3) is 5.29. The molecular formula is C19H21BrClNO4. The smallest absolute Gasteiger partial charge is 0.258 e. The second kappa shape index (κ2) is 9.69. The summed E-state index contributed by atoms with van der Waals surface area (Å²) >= 11 is 9.26. The van der Waals surface area contributed by atoms with Gasteiger partial charge in [0.25, 0.3) is 5.91 Å². The predicted octanol–water partition coefficient (Wildman–Crippen LogP) is 4.77. The van der Waals surface area contributed by atoms with Gasteiger partial charge in [-0.1, -0.05) is 24.6 Å². The van der Waals surface area contributed by atoms with Crippen LogP contribution in [0.2, 0.25) is 5.02 Å². The van der Waals surface area contributed by atoms with E-state index >= 15 is 0 Å². The van der Waals surface area contributed by atoms with Crippen molar-refractivity contribution in [1.82, 2.24) is 5.32 Å². The van der Waals surface area contributed by atoms with Crippen LogP contribution in [0.3, 0.4) is 0 Å². The van der Waals surface area contributed by atoms with Gasteiger partial charge in [-0.3, -0.25) is 4.79 Å². The van der Waals surface area contributed by atoms with Gasteiger partial charge in [0.1, 0.15) is 5.75 Å². The van der Waals surface area contributed by atoms with E-state index in [1.165, 1.54) is 0 Å². The summed E-state index contributed by atoms with van der Waals surface area (Å²) in [6.45, 7) is 1.91. The Hall–Kier alpha value is -1.92. The van der Waals surface area contributed by atoms with Gasteiger partial charge in [-0.15, -0.1) is 0 Å². The number of rotatable bonds is 8. The lowest BCUT2D eigenvalue weighted by atomic mass is 10.0. The maximum absolute atomic E-state index is 12.3. The van der Waals surface area contributed by atoms with Crippen molar-refractivity contribution in [3.8, 4) is 17.2 Å². The number of ether oxygens (including phenoxy) is 3. The number of carbonyl (C=O) groups is 1. The van der Waals surface area contributed by atoms with Crippen LogP contribution in [-0.4, -0.2) is 26.7 Å². The molecular weight excluding hydrogens is 422 g/mol. The predicted molar refractivity (Wildman–Crippen MR) is 105 cm³/mol. The minimum Gasteiger partial charge on any atom is -0.493 e. The molecule has 1 unspecified atom stereocenters. The van der Waals surface area contributed by atoms with Crippen LogP contribution in [-0.2, 0) is 4.79 Å². The van der Waals surface area contributed by atoms with Crippen LogP contribution in [0, 0.1) is 0 Å². The Labute approximate surface area is 166 Å². The molecule has 0 heterocycles. The lowest BCUT2D eigenvalue weighted by Crippen LogP contribution is -2.32. The highest BCUT2D eigenvalue weighted by Gasteiger charge is 2.16. The van der Waals surface area contributed by atoms with E-state index in [1.54, 1.807) is 32.4 Å². The van der Waals surface area contributed by atoms with E-state index in [2.05, 4.69) is 21.2 Å². The number of methoxy groups -OCH3 is 2. The van der Waals surface area contributed by atoms with Crippen molar-refractivity contribution in [2.24, 2.45) is 0 Å². The topological polar surface area (TPSA) is 56.8 Å². The minimum atomic E-state index is -0.214. The summed E-state index contributed by atoms with van der Waals surface area (Å²) in [5.41, 5.74) is 0.936. The van der Waals surface area contributed by atoms with Gasteiger partial charge in [-0.25, -0.2) is 0 Å². The van der Waals surface area contributed by atoms with E-state index in [4.69, 9.17) is 25.8 Å². The van der Waals surface area contributed by atoms with Gasteiger partial charge in [0, 0.05) is 5.02 Å². The Morgan fingerprint density at radius 1 is 1.12 bits per heavy atom. The van der Waals surface area contributed by atoms with E-state index in [9.17, 15) is 4.79 Å². The molecule has 0 spiro atoms. The number of hydrogen-bond acceptors (Lipinski definition) is 4. The molecule has 0 aliphatic carbocycles. The van der Waals surface area contributed by atoms with Crippen LogP contribution in [0.25, 0.3) is 0 Å². The monoisotopic (exact) mass is 441 g/mol. The van der Waals surface area contributed by atoms with Crippen molar-refractivity contribution in [3.63, 3.8) is 0 Å². The number of carbonyl (C=O) groups excluding carboxylic acids is 1. The first-order chi connectivity index (χ1) is 12.5. The fraction of sp³-hybridized carbons (Fsp3) is 0.316. The van der Waals surface area contributed by atoms with Gasteiger partial charge >= 0.3 is 0 Å². The standard InChI is InChI=1S/C19H21BrClNO4/c1-4-15(12-5-7-17(24-2)18(9-12)25-3)22-19(23)11-26-16-8-6-13(21)10-14(16)20/h5-10,15H,4,11H2,1-3H3,(H,22,23). The highest BCUT2D eigenvalue weighted by Crippen LogP contribution is 2.31. The lowest BCUT2D eigenvalue weighted by Gasteiger charge is -2.19. The molecule has 1 atom stereocenters. The SMILES string of the molecule is CCC(NC(=O)COc1ccc(Cl)cc1Br)c1ccc(OC)c(OC)c1. The Morgan fingerprint density at radius 3 is 2.42 bits per heavy atom. The fourth-order valence-electron chi connectivity index (χ4n) is 2.46. The summed E-state index contributed by atoms with van der Waals surface area (Å²) in [7, 11) is 3.17. The highest BCUT2D eigenvalue weighted by atomic mass is 79.9. The molecule has 140 valence electrons. The third-order valence-corrected chi connectivity index (χ3v) is 4.66. The first kappa shape index (κ1) is 20.4. The Balaban J connectivity index is 2.01. The van der Waals surface area contributed by atoms with E-state index in [-0.39, 0.29) is 18.6 Å². The second-order valence-corrected chi connectivity index (χ2v) is 6.80. The van der Waals surface area contributed by atoms with Gasteiger partial charge < -0.3 is 19.5 Å². The Morgan fingerprint density at radius 2 is 1.81 bits per heavy atom. The molecule has 0 saturated heterocycles. The fourth-order valence-corrected chi connectivity index (χ4v) is 3.26. The lowest BCUT2D eigenvalue weighted by molar-refractivity contribution is -0.123. The van der Waals surface area contributed by atoms with Crippen molar-refractivity contribution in [2.75, 3.05) is 20.8 Å². The number of amides is 1. The molecule has 0 aliphatic rings. The van der Waals surface area contributed by atoms with Gasteiger partial charge in [0.15, 0.2) is 18.1 Å². The molecule has 0 saturated carbocycles. The molecule has 1 amide bonds. The van der Waals surface area contributed by atoms with Crippen LogP contribution in [0.1, 0.15) is 24.9 Å². The average molecular weight is 443 g/mol. The Bertz CT molecular complexity index is 769. The largest absolute Gasteiger partial charge is 0.493 e. The van der Waals surface area contributed by atoms with Crippen molar-refractivity contribution < 1.29 is 19.0 Å². The normalized spacial score (nSPS) is 11.6. The van der Waals surface area contributed by atoms with Crippen molar-refractivity contribution in [3.05, 3.63) is 51.5 Å². The molecule has 2 aromatic rings.